The van der Waals surface area contributed by atoms with Gasteiger partial charge < -0.3 is 14.2 Å². The first-order valence-corrected chi connectivity index (χ1v) is 8.40. The second-order valence-electron chi connectivity index (χ2n) is 5.89. The monoisotopic (exact) mass is 397 g/mol. The predicted molar refractivity (Wildman–Crippen MR) is 96.2 cm³/mol. The smallest absolute Gasteiger partial charge is 0.349 e. The number of imide groups is 1. The fourth-order valence-corrected chi connectivity index (χ4v) is 2.63. The lowest BCUT2D eigenvalue weighted by molar-refractivity contribution is -0.153. The summed E-state index contributed by atoms with van der Waals surface area (Å²) in [5, 5.41) is 0. The molecule has 1 aliphatic heterocycles. The lowest BCUT2D eigenvalue weighted by atomic mass is 10.1. The van der Waals surface area contributed by atoms with Gasteiger partial charge in [-0.25, -0.2) is 9.59 Å². The molecule has 0 saturated heterocycles. The minimum Gasteiger partial charge on any atom is -0.465 e. The number of carbonyl (C=O) groups is 5. The molecule has 0 unspecified atom stereocenters. The summed E-state index contributed by atoms with van der Waals surface area (Å²) in [6.07, 6.45) is 0. The van der Waals surface area contributed by atoms with E-state index in [-0.39, 0.29) is 22.4 Å². The summed E-state index contributed by atoms with van der Waals surface area (Å²) < 4.78 is 14.3. The van der Waals surface area contributed by atoms with Crippen LogP contribution in [-0.2, 0) is 19.1 Å². The first-order valence-electron chi connectivity index (χ1n) is 8.40. The summed E-state index contributed by atoms with van der Waals surface area (Å²) in [5.41, 5.74) is 0.694. The Bertz CT molecular complexity index is 961. The van der Waals surface area contributed by atoms with Crippen molar-refractivity contribution in [2.75, 3.05) is 20.3 Å². The van der Waals surface area contributed by atoms with Gasteiger partial charge in [0.25, 0.3) is 11.8 Å². The van der Waals surface area contributed by atoms with E-state index >= 15 is 0 Å². The van der Waals surface area contributed by atoms with Gasteiger partial charge in [-0.15, -0.1) is 0 Å². The average Bonchev–Trinajstić information content (AvgIpc) is 2.97. The number of hydrogen-bond acceptors (Lipinski definition) is 8. The number of amides is 2. The number of rotatable bonds is 6. The van der Waals surface area contributed by atoms with Crippen LogP contribution in [0.4, 0.5) is 0 Å². The molecule has 2 aromatic rings. The average molecular weight is 397 g/mol. The Kier molecular flexibility index (Phi) is 5.68. The Balaban J connectivity index is 1.50. The van der Waals surface area contributed by atoms with Crippen molar-refractivity contribution in [3.63, 3.8) is 0 Å². The fraction of sp³-hybridized carbons (Fsp3) is 0.150. The molecule has 0 spiro atoms. The number of hydrogen-bond donors (Lipinski definition) is 0. The van der Waals surface area contributed by atoms with Gasteiger partial charge in [-0.3, -0.25) is 19.3 Å². The third-order valence-corrected chi connectivity index (χ3v) is 4.02. The van der Waals surface area contributed by atoms with Crippen molar-refractivity contribution < 1.29 is 38.2 Å². The highest BCUT2D eigenvalue weighted by Crippen LogP contribution is 2.22. The predicted octanol–water partition coefficient (Wildman–Crippen LogP) is 1.22. The summed E-state index contributed by atoms with van der Waals surface area (Å²) in [4.78, 5) is 60.2. The van der Waals surface area contributed by atoms with Gasteiger partial charge in [0, 0.05) is 0 Å². The number of fused-ring (bicyclic) bond motifs is 1. The SMILES string of the molecule is COC(=O)c1ccc(OC(=O)COC(=O)CN2C(=O)c3ccccc3C2=O)cc1. The first kappa shape index (κ1) is 19.7. The minimum atomic E-state index is -0.933. The minimum absolute atomic E-state index is 0.138. The number of nitrogens with zero attached hydrogens (tertiary/aromatic N) is 1. The van der Waals surface area contributed by atoms with Crippen LogP contribution in [0, 0.1) is 0 Å². The van der Waals surface area contributed by atoms with Gasteiger partial charge in [-0.1, -0.05) is 12.1 Å². The van der Waals surface area contributed by atoms with E-state index in [0.717, 1.165) is 4.90 Å². The lowest BCUT2D eigenvalue weighted by Crippen LogP contribution is -2.36. The third-order valence-electron chi connectivity index (χ3n) is 4.02. The van der Waals surface area contributed by atoms with Gasteiger partial charge in [0.2, 0.25) is 0 Å². The molecule has 0 saturated carbocycles. The maximum absolute atomic E-state index is 12.2. The summed E-state index contributed by atoms with van der Waals surface area (Å²) in [6.45, 7) is -1.33. The zero-order valence-electron chi connectivity index (χ0n) is 15.2. The molecule has 9 nitrogen and oxygen atoms in total. The zero-order chi connectivity index (χ0) is 21.0. The van der Waals surface area contributed by atoms with Crippen LogP contribution in [0.1, 0.15) is 31.1 Å². The second-order valence-corrected chi connectivity index (χ2v) is 5.89. The van der Waals surface area contributed by atoms with Crippen molar-refractivity contribution >= 4 is 29.7 Å². The highest BCUT2D eigenvalue weighted by Gasteiger charge is 2.36. The van der Waals surface area contributed by atoms with Gasteiger partial charge in [-0.05, 0) is 36.4 Å². The zero-order valence-corrected chi connectivity index (χ0v) is 15.2. The Morgan fingerprint density at radius 2 is 1.45 bits per heavy atom. The van der Waals surface area contributed by atoms with Crippen LogP contribution in [0.25, 0.3) is 0 Å². The number of benzene rings is 2. The van der Waals surface area contributed by atoms with Crippen LogP contribution in [0.2, 0.25) is 0 Å². The Morgan fingerprint density at radius 1 is 0.862 bits per heavy atom. The van der Waals surface area contributed by atoms with Crippen molar-refractivity contribution in [3.8, 4) is 5.75 Å². The van der Waals surface area contributed by atoms with Crippen molar-refractivity contribution in [1.29, 1.82) is 0 Å². The molecule has 0 radical (unpaired) electrons. The van der Waals surface area contributed by atoms with E-state index in [1.807, 2.05) is 0 Å². The molecule has 1 aliphatic rings. The van der Waals surface area contributed by atoms with Crippen molar-refractivity contribution in [1.82, 2.24) is 4.90 Å². The molecule has 2 amide bonds. The third kappa shape index (κ3) is 4.29. The van der Waals surface area contributed by atoms with E-state index in [9.17, 15) is 24.0 Å². The fourth-order valence-electron chi connectivity index (χ4n) is 2.63. The molecule has 0 bridgehead atoms. The summed E-state index contributed by atoms with van der Waals surface area (Å²) in [5.74, 6) is -3.40. The van der Waals surface area contributed by atoms with Crippen LogP contribution < -0.4 is 4.74 Å². The van der Waals surface area contributed by atoms with Crippen LogP contribution >= 0.6 is 0 Å². The van der Waals surface area contributed by atoms with E-state index in [1.54, 1.807) is 12.1 Å². The molecule has 9 heteroatoms. The lowest BCUT2D eigenvalue weighted by Gasteiger charge is -2.12. The molecule has 0 N–H and O–H groups in total. The van der Waals surface area contributed by atoms with E-state index < -0.39 is 42.9 Å². The van der Waals surface area contributed by atoms with Gasteiger partial charge in [-0.2, -0.15) is 0 Å². The van der Waals surface area contributed by atoms with E-state index in [1.165, 1.54) is 43.5 Å². The van der Waals surface area contributed by atoms with Gasteiger partial charge in [0.1, 0.15) is 12.3 Å². The molecule has 29 heavy (non-hydrogen) atoms. The molecule has 2 aromatic carbocycles. The Labute approximate surface area is 164 Å². The van der Waals surface area contributed by atoms with E-state index in [2.05, 4.69) is 4.74 Å². The summed E-state index contributed by atoms with van der Waals surface area (Å²) in [6, 6.07) is 11.8. The quantitative estimate of drug-likeness (QED) is 0.406. The van der Waals surface area contributed by atoms with E-state index in [4.69, 9.17) is 9.47 Å². The van der Waals surface area contributed by atoms with Crippen molar-refractivity contribution in [2.45, 2.75) is 0 Å². The molecular formula is C20H15NO8. The van der Waals surface area contributed by atoms with Crippen LogP contribution in [0.5, 0.6) is 5.75 Å². The molecular weight excluding hydrogens is 382 g/mol. The maximum Gasteiger partial charge on any atom is 0.349 e. The molecule has 0 fully saturated rings. The van der Waals surface area contributed by atoms with Gasteiger partial charge >= 0.3 is 17.9 Å². The maximum atomic E-state index is 12.2. The van der Waals surface area contributed by atoms with Crippen LogP contribution in [0.15, 0.2) is 48.5 Å². The molecule has 0 atom stereocenters. The molecule has 0 aromatic heterocycles. The first-order chi connectivity index (χ1) is 13.9. The highest BCUT2D eigenvalue weighted by atomic mass is 16.6. The highest BCUT2D eigenvalue weighted by molar-refractivity contribution is 6.22. The number of methoxy groups -OCH3 is 1. The largest absolute Gasteiger partial charge is 0.465 e. The number of carbonyl (C=O) groups excluding carboxylic acids is 5. The summed E-state index contributed by atoms with van der Waals surface area (Å²) in [7, 11) is 1.24. The normalized spacial score (nSPS) is 12.4. The number of esters is 3. The standard InChI is InChI=1S/C20H15NO8/c1-27-20(26)12-6-8-13(9-7-12)29-17(23)11-28-16(22)10-21-18(24)14-4-2-3-5-15(14)19(21)25/h2-9H,10-11H2,1H3. The van der Waals surface area contributed by atoms with Gasteiger partial charge in [0.15, 0.2) is 6.61 Å². The topological polar surface area (TPSA) is 116 Å². The molecule has 148 valence electrons. The Morgan fingerprint density at radius 3 is 2.00 bits per heavy atom. The Hall–Kier alpha value is -4.01. The van der Waals surface area contributed by atoms with Gasteiger partial charge in [0.05, 0.1) is 23.8 Å². The van der Waals surface area contributed by atoms with Crippen molar-refractivity contribution in [3.05, 3.63) is 65.2 Å². The van der Waals surface area contributed by atoms with E-state index in [0.29, 0.717) is 0 Å². The summed E-state index contributed by atoms with van der Waals surface area (Å²) >= 11 is 0. The molecule has 3 rings (SSSR count). The molecule has 1 heterocycles. The van der Waals surface area contributed by atoms with Crippen LogP contribution in [0.3, 0.4) is 0 Å². The number of ether oxygens (including phenoxy) is 3. The molecule has 0 aliphatic carbocycles. The van der Waals surface area contributed by atoms with Crippen LogP contribution in [-0.4, -0.2) is 54.9 Å². The second kappa shape index (κ2) is 8.34. The van der Waals surface area contributed by atoms with Crippen molar-refractivity contribution in [2.24, 2.45) is 0 Å².